The molecule has 8 heteroatoms. The summed E-state index contributed by atoms with van der Waals surface area (Å²) in [6.07, 6.45) is -2.38. The van der Waals surface area contributed by atoms with Gasteiger partial charge in [0, 0.05) is 0 Å². The number of ether oxygens (including phenoxy) is 2. The number of rotatable bonds is 8. The molecule has 0 heterocycles. The third kappa shape index (κ3) is 5.81. The molecule has 1 saturated carbocycles. The molecule has 0 saturated heterocycles. The van der Waals surface area contributed by atoms with Crippen LogP contribution < -0.4 is 13.8 Å². The van der Waals surface area contributed by atoms with Gasteiger partial charge in [-0.15, -0.1) is 0 Å². The summed E-state index contributed by atoms with van der Waals surface area (Å²) in [4.78, 5) is 11.5. The number of carbonyl (C=O) groups is 1. The van der Waals surface area contributed by atoms with E-state index >= 15 is 0 Å². The summed E-state index contributed by atoms with van der Waals surface area (Å²) in [6, 6.07) is 10.1. The molecule has 0 spiro atoms. The maximum absolute atomic E-state index is 12.2. The molecule has 1 N–H and O–H groups in total. The molecule has 0 atom stereocenters. The molecular formula is C18H18F3FeNO3. The second-order valence-electron chi connectivity index (χ2n) is 5.95. The van der Waals surface area contributed by atoms with E-state index in [1.165, 1.54) is 6.07 Å². The number of amides is 1. The van der Waals surface area contributed by atoms with E-state index in [4.69, 9.17) is 9.47 Å². The van der Waals surface area contributed by atoms with Gasteiger partial charge in [-0.05, 0) is 0 Å². The van der Waals surface area contributed by atoms with Gasteiger partial charge >= 0.3 is 142 Å². The number of nitrogens with one attached hydrogen (secondary N) is 1. The van der Waals surface area contributed by atoms with Crippen LogP contribution in [0.1, 0.15) is 12.8 Å². The molecule has 1 fully saturated rings. The summed E-state index contributed by atoms with van der Waals surface area (Å²) >= 11 is 0.586. The summed E-state index contributed by atoms with van der Waals surface area (Å²) in [6.45, 7) is -0.833. The fraction of sp³-hybridized carbons (Fsp3) is 0.389. The average Bonchev–Trinajstić information content (AvgIpc) is 3.44. The van der Waals surface area contributed by atoms with Gasteiger partial charge in [0.15, 0.2) is 0 Å². The predicted octanol–water partition coefficient (Wildman–Crippen LogP) is 4.10. The fourth-order valence-corrected chi connectivity index (χ4v) is 3.04. The Balaban J connectivity index is 1.48. The first-order chi connectivity index (χ1) is 12.4. The number of hydrogen-bond acceptors (Lipinski definition) is 3. The Labute approximate surface area is 155 Å². The van der Waals surface area contributed by atoms with Crippen molar-refractivity contribution < 1.29 is 42.6 Å². The number of halogens is 3. The van der Waals surface area contributed by atoms with Crippen molar-refractivity contribution in [2.75, 3.05) is 13.2 Å². The van der Waals surface area contributed by atoms with Crippen LogP contribution in [0.3, 0.4) is 0 Å². The molecule has 2 aromatic carbocycles. The van der Waals surface area contributed by atoms with Crippen molar-refractivity contribution in [1.29, 1.82) is 0 Å². The van der Waals surface area contributed by atoms with Crippen LogP contribution in [-0.4, -0.2) is 25.3 Å². The molecule has 1 aliphatic carbocycles. The topological polar surface area (TPSA) is 47.6 Å². The van der Waals surface area contributed by atoms with Gasteiger partial charge in [-0.2, -0.15) is 13.2 Å². The van der Waals surface area contributed by atoms with Crippen LogP contribution in [0, 0.1) is 5.92 Å². The van der Waals surface area contributed by atoms with Crippen molar-refractivity contribution >= 4 is 16.7 Å². The second-order valence-corrected chi connectivity index (χ2v) is 7.17. The van der Waals surface area contributed by atoms with Crippen molar-refractivity contribution in [2.24, 2.45) is 5.92 Å². The van der Waals surface area contributed by atoms with Crippen LogP contribution in [0.4, 0.5) is 13.2 Å². The molecule has 0 aliphatic heterocycles. The zero-order chi connectivity index (χ0) is 18.6. The molecule has 1 amide bonds. The molecule has 0 unspecified atom stereocenters. The van der Waals surface area contributed by atoms with Gasteiger partial charge < -0.3 is 0 Å². The third-order valence-electron chi connectivity index (χ3n) is 3.71. The van der Waals surface area contributed by atoms with E-state index in [-0.39, 0.29) is 17.6 Å². The van der Waals surface area contributed by atoms with Crippen molar-refractivity contribution in [2.45, 2.75) is 24.3 Å². The Kier molecular flexibility index (Phi) is 5.94. The fourth-order valence-electron chi connectivity index (χ4n) is 2.26. The van der Waals surface area contributed by atoms with E-state index in [0.717, 1.165) is 23.6 Å². The average molecular weight is 409 g/mol. The first kappa shape index (κ1) is 18.9. The number of hydrogen-bond donors (Lipinski definition) is 1. The van der Waals surface area contributed by atoms with Gasteiger partial charge in [0.1, 0.15) is 0 Å². The van der Waals surface area contributed by atoms with Crippen LogP contribution in [0.2, 0.25) is 5.32 Å². The molecule has 142 valence electrons. The number of alkyl halides is 3. The standard InChI is InChI=1S/C14H12F3O2.C4H7NO.Fe/c1-2-18-12-5-3-11-8-13(6-4-10(11)7-12)19-9-14(15,16)17;5-4(6)3-1-2-3;/h3-8H,1-2,9H2;3H,1-2H2,(H2,5,6);/q;;+1/p-1. The Hall–Kier alpha value is -1.92. The molecular weight excluding hydrogens is 391 g/mol. The van der Waals surface area contributed by atoms with E-state index in [2.05, 4.69) is 4.33 Å². The number of carbonyl (C=O) groups excluding carboxylic acids is 1. The molecule has 3 rings (SSSR count). The van der Waals surface area contributed by atoms with Crippen molar-refractivity contribution in [3.8, 4) is 11.5 Å². The summed E-state index contributed by atoms with van der Waals surface area (Å²) in [5.41, 5.74) is 0. The van der Waals surface area contributed by atoms with Crippen LogP contribution in [0.5, 0.6) is 11.5 Å². The minimum atomic E-state index is -4.36. The summed E-state index contributed by atoms with van der Waals surface area (Å²) in [7, 11) is 0. The van der Waals surface area contributed by atoms with Crippen molar-refractivity contribution in [3.63, 3.8) is 0 Å². The molecule has 1 aliphatic rings. The molecule has 4 nitrogen and oxygen atoms in total. The minimum absolute atomic E-state index is 0.124. The van der Waals surface area contributed by atoms with Gasteiger partial charge in [-0.25, -0.2) is 0 Å². The molecule has 2 aromatic rings. The number of fused-ring (bicyclic) bond motifs is 1. The van der Waals surface area contributed by atoms with E-state index in [9.17, 15) is 18.0 Å². The van der Waals surface area contributed by atoms with Crippen LogP contribution in [0.25, 0.3) is 10.8 Å². The van der Waals surface area contributed by atoms with Gasteiger partial charge in [-0.3, -0.25) is 0 Å². The first-order valence-corrected chi connectivity index (χ1v) is 9.45. The van der Waals surface area contributed by atoms with Crippen LogP contribution in [0.15, 0.2) is 36.4 Å². The van der Waals surface area contributed by atoms with Crippen LogP contribution >= 0.6 is 0 Å². The monoisotopic (exact) mass is 409 g/mol. The second kappa shape index (κ2) is 8.18. The van der Waals surface area contributed by atoms with Crippen molar-refractivity contribution in [1.82, 2.24) is 4.33 Å². The van der Waals surface area contributed by atoms with E-state index in [1.54, 1.807) is 24.3 Å². The third-order valence-corrected chi connectivity index (χ3v) is 4.68. The predicted molar refractivity (Wildman–Crippen MR) is 86.7 cm³/mol. The summed E-state index contributed by atoms with van der Waals surface area (Å²) in [5.74, 6) is 1.19. The SMILES string of the molecule is O=C([NH][Fe][CH2]COc1ccc2cc(OCC(F)(F)F)ccc2c1)C1CC1. The van der Waals surface area contributed by atoms with Gasteiger partial charge in [0.2, 0.25) is 0 Å². The molecule has 0 radical (unpaired) electrons. The maximum atomic E-state index is 12.2. The van der Waals surface area contributed by atoms with E-state index in [0.29, 0.717) is 32.9 Å². The Bertz CT molecular complexity index is 778. The van der Waals surface area contributed by atoms with Gasteiger partial charge in [0.05, 0.1) is 0 Å². The quantitative estimate of drug-likeness (QED) is 0.528. The Morgan fingerprint density at radius 1 is 1.08 bits per heavy atom. The van der Waals surface area contributed by atoms with E-state index in [1.807, 2.05) is 6.07 Å². The molecule has 26 heavy (non-hydrogen) atoms. The summed E-state index contributed by atoms with van der Waals surface area (Å²) in [5, 5.41) is 2.33. The zero-order valence-electron chi connectivity index (χ0n) is 13.8. The normalized spacial score (nSPS) is 14.4. The Morgan fingerprint density at radius 3 is 2.27 bits per heavy atom. The van der Waals surface area contributed by atoms with Crippen LogP contribution in [-0.2, 0) is 20.0 Å². The first-order valence-electron chi connectivity index (χ1n) is 8.12. The summed E-state index contributed by atoms with van der Waals surface area (Å²) < 4.78 is 49.9. The van der Waals surface area contributed by atoms with Gasteiger partial charge in [0.25, 0.3) is 0 Å². The van der Waals surface area contributed by atoms with Gasteiger partial charge in [-0.1, -0.05) is 0 Å². The molecule has 0 bridgehead atoms. The van der Waals surface area contributed by atoms with E-state index < -0.39 is 12.8 Å². The number of benzene rings is 2. The Morgan fingerprint density at radius 2 is 1.69 bits per heavy atom. The molecule has 0 aromatic heterocycles. The zero-order valence-corrected chi connectivity index (χ0v) is 14.9. The van der Waals surface area contributed by atoms with Crippen molar-refractivity contribution in [3.05, 3.63) is 36.4 Å².